The normalized spacial score (nSPS) is 35.0. The van der Waals surface area contributed by atoms with Gasteiger partial charge < -0.3 is 8.97 Å². The van der Waals surface area contributed by atoms with Gasteiger partial charge in [-0.25, -0.2) is 0 Å². The maximum atomic E-state index is 2.33. The van der Waals surface area contributed by atoms with Gasteiger partial charge in [0.1, 0.15) is 39.3 Å². The van der Waals surface area contributed by atoms with Crippen molar-refractivity contribution in [2.24, 2.45) is 0 Å². The molecule has 3 fully saturated rings. The molecule has 3 rings (SSSR count). The van der Waals surface area contributed by atoms with Crippen molar-refractivity contribution in [3.63, 3.8) is 0 Å². The Morgan fingerprint density at radius 1 is 0.556 bits per heavy atom. The number of quaternary nitrogens is 2. The summed E-state index contributed by atoms with van der Waals surface area (Å²) in [6.07, 6.45) is 8.57. The lowest BCUT2D eigenvalue weighted by Crippen LogP contribution is -2.75. The van der Waals surface area contributed by atoms with Gasteiger partial charge in [0.25, 0.3) is 0 Å². The Labute approximate surface area is 114 Å². The summed E-state index contributed by atoms with van der Waals surface area (Å²) >= 11 is 0. The van der Waals surface area contributed by atoms with Gasteiger partial charge in [-0.3, -0.25) is 0 Å². The maximum Gasteiger partial charge on any atom is 0.129 e. The Kier molecular flexibility index (Phi) is 5.08. The molecule has 0 aromatic rings. The molecule has 3 saturated heterocycles. The summed E-state index contributed by atoms with van der Waals surface area (Å²) in [7, 11) is 0. The number of hydrogen-bond donors (Lipinski definition) is 0. The van der Waals surface area contributed by atoms with Crippen molar-refractivity contribution in [1.82, 2.24) is 0 Å². The highest BCUT2D eigenvalue weighted by atomic mass is 15.5. The monoisotopic (exact) mass is 254 g/mol. The Balaban J connectivity index is 1.76. The third-order valence-corrected chi connectivity index (χ3v) is 5.62. The Hall–Kier alpha value is -0.0800. The van der Waals surface area contributed by atoms with Gasteiger partial charge in [-0.05, 0) is 19.3 Å². The van der Waals surface area contributed by atoms with Crippen LogP contribution in [0.3, 0.4) is 0 Å². The minimum atomic E-state index is 1.37. The first-order valence-corrected chi connectivity index (χ1v) is 8.44. The zero-order valence-electron chi connectivity index (χ0n) is 12.8. The van der Waals surface area contributed by atoms with E-state index in [1.54, 1.807) is 0 Å². The lowest BCUT2D eigenvalue weighted by molar-refractivity contribution is -1.08. The quantitative estimate of drug-likeness (QED) is 0.461. The molecule has 0 aliphatic carbocycles. The summed E-state index contributed by atoms with van der Waals surface area (Å²) in [5, 5.41) is 0. The van der Waals surface area contributed by atoms with Gasteiger partial charge in [0.05, 0.1) is 13.1 Å². The molecule has 0 spiro atoms. The summed E-state index contributed by atoms with van der Waals surface area (Å²) in [4.78, 5) is 0. The van der Waals surface area contributed by atoms with E-state index < -0.39 is 0 Å². The molecule has 0 saturated carbocycles. The Morgan fingerprint density at radius 2 is 1.00 bits per heavy atom. The van der Waals surface area contributed by atoms with Gasteiger partial charge in [0, 0.05) is 0 Å². The summed E-state index contributed by atoms with van der Waals surface area (Å²) in [6.45, 7) is 16.5. The SMILES string of the molecule is CCCCCC[N+]12CC[N+](CCCC)(CC1)CC2. The number of piperazine rings is 3. The van der Waals surface area contributed by atoms with Gasteiger partial charge in [0.2, 0.25) is 0 Å². The molecule has 0 amide bonds. The first-order valence-electron chi connectivity index (χ1n) is 8.44. The standard InChI is InChI=1S/C16H34N2/c1-3-5-7-8-10-18-14-11-17(12-15-18,13-16-18)9-6-4-2/h3-16H2,1-2H3/q+2. The molecule has 3 aliphatic rings. The van der Waals surface area contributed by atoms with E-state index in [0.29, 0.717) is 0 Å². The van der Waals surface area contributed by atoms with Crippen LogP contribution in [0.25, 0.3) is 0 Å². The van der Waals surface area contributed by atoms with Crippen LogP contribution >= 0.6 is 0 Å². The predicted octanol–water partition coefficient (Wildman–Crippen LogP) is 3.03. The van der Waals surface area contributed by atoms with Crippen LogP contribution in [0.1, 0.15) is 52.4 Å². The minimum Gasteiger partial charge on any atom is -0.310 e. The minimum absolute atomic E-state index is 1.37. The fourth-order valence-corrected chi connectivity index (χ4v) is 3.98. The lowest BCUT2D eigenvalue weighted by atomic mass is 10.0. The molecule has 2 heteroatoms. The van der Waals surface area contributed by atoms with Crippen molar-refractivity contribution in [1.29, 1.82) is 0 Å². The smallest absolute Gasteiger partial charge is 0.129 e. The first kappa shape index (κ1) is 14.3. The van der Waals surface area contributed by atoms with Crippen LogP contribution in [0, 0.1) is 0 Å². The van der Waals surface area contributed by atoms with E-state index in [9.17, 15) is 0 Å². The Morgan fingerprint density at radius 3 is 1.44 bits per heavy atom. The van der Waals surface area contributed by atoms with E-state index in [0.717, 1.165) is 0 Å². The molecule has 0 N–H and O–H groups in total. The maximum absolute atomic E-state index is 2.33. The largest absolute Gasteiger partial charge is 0.310 e. The molecule has 0 aromatic heterocycles. The second-order valence-electron chi connectivity index (χ2n) is 6.89. The number of hydrogen-bond acceptors (Lipinski definition) is 0. The van der Waals surface area contributed by atoms with Crippen LogP contribution in [-0.2, 0) is 0 Å². The molecule has 2 bridgehead atoms. The predicted molar refractivity (Wildman–Crippen MR) is 78.5 cm³/mol. The molecule has 0 aromatic carbocycles. The van der Waals surface area contributed by atoms with Gasteiger partial charge in [-0.1, -0.05) is 33.1 Å². The van der Waals surface area contributed by atoms with Crippen LogP contribution in [0.2, 0.25) is 0 Å². The molecule has 2 nitrogen and oxygen atoms in total. The summed E-state index contributed by atoms with van der Waals surface area (Å²) in [6, 6.07) is 0. The van der Waals surface area contributed by atoms with Crippen LogP contribution in [-0.4, -0.2) is 61.3 Å². The summed E-state index contributed by atoms with van der Waals surface area (Å²) < 4.78 is 2.96. The highest BCUT2D eigenvalue weighted by Gasteiger charge is 2.47. The van der Waals surface area contributed by atoms with Crippen LogP contribution in [0.5, 0.6) is 0 Å². The van der Waals surface area contributed by atoms with Crippen molar-refractivity contribution in [3.05, 3.63) is 0 Å². The zero-order valence-corrected chi connectivity index (χ0v) is 12.8. The van der Waals surface area contributed by atoms with E-state index in [4.69, 9.17) is 0 Å². The molecule has 3 heterocycles. The van der Waals surface area contributed by atoms with Crippen molar-refractivity contribution in [3.8, 4) is 0 Å². The average Bonchev–Trinajstić information content (AvgIpc) is 2.44. The molecule has 0 atom stereocenters. The van der Waals surface area contributed by atoms with Crippen molar-refractivity contribution in [2.45, 2.75) is 52.4 Å². The molecule has 3 aliphatic heterocycles. The van der Waals surface area contributed by atoms with E-state index in [-0.39, 0.29) is 0 Å². The van der Waals surface area contributed by atoms with Gasteiger partial charge >= 0.3 is 0 Å². The zero-order chi connectivity index (χ0) is 12.9. The highest BCUT2D eigenvalue weighted by molar-refractivity contribution is 4.62. The van der Waals surface area contributed by atoms with E-state index in [2.05, 4.69) is 13.8 Å². The number of rotatable bonds is 8. The van der Waals surface area contributed by atoms with Crippen molar-refractivity contribution < 1.29 is 8.97 Å². The number of unbranched alkanes of at least 4 members (excludes halogenated alkanes) is 4. The second kappa shape index (κ2) is 6.38. The molecule has 106 valence electrons. The topological polar surface area (TPSA) is 0 Å². The van der Waals surface area contributed by atoms with Crippen LogP contribution < -0.4 is 0 Å². The van der Waals surface area contributed by atoms with E-state index in [1.165, 1.54) is 99.8 Å². The molecular formula is C16H34N2+2. The summed E-state index contributed by atoms with van der Waals surface area (Å²) in [5.41, 5.74) is 0. The van der Waals surface area contributed by atoms with Gasteiger partial charge in [0.15, 0.2) is 0 Å². The third-order valence-electron chi connectivity index (χ3n) is 5.62. The van der Waals surface area contributed by atoms with Crippen LogP contribution in [0.15, 0.2) is 0 Å². The second-order valence-corrected chi connectivity index (χ2v) is 6.89. The fraction of sp³-hybridized carbons (Fsp3) is 1.00. The van der Waals surface area contributed by atoms with Crippen LogP contribution in [0.4, 0.5) is 0 Å². The third kappa shape index (κ3) is 3.27. The van der Waals surface area contributed by atoms with Gasteiger partial charge in [-0.2, -0.15) is 0 Å². The molecule has 0 unspecified atom stereocenters. The van der Waals surface area contributed by atoms with Gasteiger partial charge in [-0.15, -0.1) is 0 Å². The number of fused-ring (bicyclic) bond motifs is 3. The summed E-state index contributed by atoms with van der Waals surface area (Å²) in [5.74, 6) is 0. The Bertz CT molecular complexity index is 225. The lowest BCUT2D eigenvalue weighted by Gasteiger charge is -2.55. The molecular weight excluding hydrogens is 220 g/mol. The highest BCUT2D eigenvalue weighted by Crippen LogP contribution is 2.27. The van der Waals surface area contributed by atoms with E-state index in [1.807, 2.05) is 0 Å². The van der Waals surface area contributed by atoms with Crippen molar-refractivity contribution in [2.75, 3.05) is 52.4 Å². The first-order chi connectivity index (χ1) is 8.74. The number of nitrogens with zero attached hydrogens (tertiary/aromatic N) is 2. The molecule has 18 heavy (non-hydrogen) atoms. The fourth-order valence-electron chi connectivity index (χ4n) is 3.98. The van der Waals surface area contributed by atoms with E-state index >= 15 is 0 Å². The molecule has 0 radical (unpaired) electrons. The average molecular weight is 254 g/mol. The van der Waals surface area contributed by atoms with Crippen molar-refractivity contribution >= 4 is 0 Å².